The van der Waals surface area contributed by atoms with E-state index in [1.165, 1.54) is 5.56 Å². The van der Waals surface area contributed by atoms with Crippen LogP contribution in [0.1, 0.15) is 22.8 Å². The molecule has 0 aromatic heterocycles. The van der Waals surface area contributed by atoms with E-state index >= 15 is 0 Å². The SMILES string of the molecule is CCNCc1ccc(NC(=O)c2ccccc2)cc1. The van der Waals surface area contributed by atoms with Gasteiger partial charge in [-0.2, -0.15) is 0 Å². The molecule has 2 rings (SSSR count). The topological polar surface area (TPSA) is 41.1 Å². The van der Waals surface area contributed by atoms with Gasteiger partial charge in [-0.15, -0.1) is 0 Å². The fourth-order valence-electron chi connectivity index (χ4n) is 1.77. The lowest BCUT2D eigenvalue weighted by Crippen LogP contribution is -2.13. The molecule has 2 aromatic carbocycles. The minimum atomic E-state index is -0.0833. The van der Waals surface area contributed by atoms with E-state index in [4.69, 9.17) is 0 Å². The van der Waals surface area contributed by atoms with E-state index in [0.29, 0.717) is 5.56 Å². The van der Waals surface area contributed by atoms with Gasteiger partial charge in [0.05, 0.1) is 0 Å². The first kappa shape index (κ1) is 13.3. The van der Waals surface area contributed by atoms with Crippen molar-refractivity contribution in [2.45, 2.75) is 13.5 Å². The van der Waals surface area contributed by atoms with Crippen molar-refractivity contribution in [3.63, 3.8) is 0 Å². The van der Waals surface area contributed by atoms with Gasteiger partial charge in [-0.1, -0.05) is 37.3 Å². The Labute approximate surface area is 113 Å². The Morgan fingerprint density at radius 2 is 1.68 bits per heavy atom. The largest absolute Gasteiger partial charge is 0.322 e. The third kappa shape index (κ3) is 3.93. The molecular formula is C16H18N2O. The summed E-state index contributed by atoms with van der Waals surface area (Å²) in [7, 11) is 0. The molecule has 3 nitrogen and oxygen atoms in total. The Hall–Kier alpha value is -2.13. The fourth-order valence-corrected chi connectivity index (χ4v) is 1.77. The van der Waals surface area contributed by atoms with Gasteiger partial charge >= 0.3 is 0 Å². The van der Waals surface area contributed by atoms with Crippen molar-refractivity contribution in [2.24, 2.45) is 0 Å². The summed E-state index contributed by atoms with van der Waals surface area (Å²) in [6.07, 6.45) is 0. The van der Waals surface area contributed by atoms with Gasteiger partial charge in [-0.25, -0.2) is 0 Å². The maximum atomic E-state index is 11.9. The summed E-state index contributed by atoms with van der Waals surface area (Å²) in [4.78, 5) is 11.9. The quantitative estimate of drug-likeness (QED) is 0.861. The minimum absolute atomic E-state index is 0.0833. The number of benzene rings is 2. The predicted molar refractivity (Wildman–Crippen MR) is 78.2 cm³/mol. The van der Waals surface area contributed by atoms with Crippen molar-refractivity contribution in [3.05, 3.63) is 65.7 Å². The van der Waals surface area contributed by atoms with Crippen molar-refractivity contribution < 1.29 is 4.79 Å². The molecule has 0 bridgehead atoms. The molecule has 0 atom stereocenters. The predicted octanol–water partition coefficient (Wildman–Crippen LogP) is 3.05. The Balaban J connectivity index is 1.98. The normalized spacial score (nSPS) is 10.2. The highest BCUT2D eigenvalue weighted by molar-refractivity contribution is 6.04. The molecule has 2 aromatic rings. The summed E-state index contributed by atoms with van der Waals surface area (Å²) in [5.74, 6) is -0.0833. The second-order valence-corrected chi connectivity index (χ2v) is 4.30. The van der Waals surface area contributed by atoms with Crippen LogP contribution in [0, 0.1) is 0 Å². The Morgan fingerprint density at radius 3 is 2.32 bits per heavy atom. The molecule has 98 valence electrons. The lowest BCUT2D eigenvalue weighted by molar-refractivity contribution is 0.102. The first-order valence-corrected chi connectivity index (χ1v) is 6.45. The maximum absolute atomic E-state index is 11.9. The van der Waals surface area contributed by atoms with Crippen LogP contribution in [-0.2, 0) is 6.54 Å². The van der Waals surface area contributed by atoms with E-state index in [9.17, 15) is 4.79 Å². The van der Waals surface area contributed by atoms with Gasteiger partial charge in [0.25, 0.3) is 5.91 Å². The fraction of sp³-hybridized carbons (Fsp3) is 0.188. The van der Waals surface area contributed by atoms with Gasteiger partial charge in [0.15, 0.2) is 0 Å². The van der Waals surface area contributed by atoms with Crippen LogP contribution in [-0.4, -0.2) is 12.5 Å². The highest BCUT2D eigenvalue weighted by Gasteiger charge is 2.04. The summed E-state index contributed by atoms with van der Waals surface area (Å²) in [5, 5.41) is 6.15. The average molecular weight is 254 g/mol. The van der Waals surface area contributed by atoms with Crippen molar-refractivity contribution in [3.8, 4) is 0 Å². The molecule has 0 spiro atoms. The van der Waals surface area contributed by atoms with Crippen LogP contribution in [0.15, 0.2) is 54.6 Å². The summed E-state index contributed by atoms with van der Waals surface area (Å²) >= 11 is 0. The van der Waals surface area contributed by atoms with Crippen LogP contribution < -0.4 is 10.6 Å². The zero-order chi connectivity index (χ0) is 13.5. The van der Waals surface area contributed by atoms with E-state index < -0.39 is 0 Å². The molecular weight excluding hydrogens is 236 g/mol. The van der Waals surface area contributed by atoms with Crippen molar-refractivity contribution in [1.82, 2.24) is 5.32 Å². The van der Waals surface area contributed by atoms with Crippen LogP contribution in [0.3, 0.4) is 0 Å². The van der Waals surface area contributed by atoms with Gasteiger partial charge in [-0.05, 0) is 36.4 Å². The third-order valence-electron chi connectivity index (χ3n) is 2.83. The van der Waals surface area contributed by atoms with E-state index in [1.807, 2.05) is 42.5 Å². The van der Waals surface area contributed by atoms with E-state index in [1.54, 1.807) is 12.1 Å². The molecule has 3 heteroatoms. The highest BCUT2D eigenvalue weighted by atomic mass is 16.1. The van der Waals surface area contributed by atoms with Crippen molar-refractivity contribution >= 4 is 11.6 Å². The lowest BCUT2D eigenvalue weighted by atomic mass is 10.2. The van der Waals surface area contributed by atoms with E-state index in [-0.39, 0.29) is 5.91 Å². The molecule has 0 fully saturated rings. The first-order valence-electron chi connectivity index (χ1n) is 6.45. The van der Waals surface area contributed by atoms with Gasteiger partial charge in [0.2, 0.25) is 0 Å². The number of hydrogen-bond donors (Lipinski definition) is 2. The molecule has 0 heterocycles. The van der Waals surface area contributed by atoms with Gasteiger partial charge < -0.3 is 10.6 Å². The smallest absolute Gasteiger partial charge is 0.255 e. The second kappa shape index (κ2) is 6.71. The zero-order valence-corrected chi connectivity index (χ0v) is 11.0. The van der Waals surface area contributed by atoms with Crippen LogP contribution in [0.2, 0.25) is 0 Å². The van der Waals surface area contributed by atoms with Gasteiger partial charge in [-0.3, -0.25) is 4.79 Å². The summed E-state index contributed by atoms with van der Waals surface area (Å²) in [6.45, 7) is 3.88. The molecule has 1 amide bonds. The Morgan fingerprint density at radius 1 is 1.00 bits per heavy atom. The van der Waals surface area contributed by atoms with Crippen LogP contribution in [0.4, 0.5) is 5.69 Å². The third-order valence-corrected chi connectivity index (χ3v) is 2.83. The minimum Gasteiger partial charge on any atom is -0.322 e. The van der Waals surface area contributed by atoms with E-state index in [0.717, 1.165) is 18.8 Å². The molecule has 0 saturated heterocycles. The second-order valence-electron chi connectivity index (χ2n) is 4.30. The van der Waals surface area contributed by atoms with Crippen LogP contribution in [0.5, 0.6) is 0 Å². The number of anilines is 1. The Kier molecular flexibility index (Phi) is 4.70. The number of amides is 1. The zero-order valence-electron chi connectivity index (χ0n) is 11.0. The highest BCUT2D eigenvalue weighted by Crippen LogP contribution is 2.11. The van der Waals surface area contributed by atoms with Crippen LogP contribution >= 0.6 is 0 Å². The van der Waals surface area contributed by atoms with E-state index in [2.05, 4.69) is 17.6 Å². The standard InChI is InChI=1S/C16H18N2O/c1-2-17-12-13-8-10-15(11-9-13)18-16(19)14-6-4-3-5-7-14/h3-11,17H,2,12H2,1H3,(H,18,19). The summed E-state index contributed by atoms with van der Waals surface area (Å²) in [5.41, 5.74) is 2.69. The number of carbonyl (C=O) groups is 1. The molecule has 19 heavy (non-hydrogen) atoms. The van der Waals surface area contributed by atoms with Crippen molar-refractivity contribution in [1.29, 1.82) is 0 Å². The number of rotatable bonds is 5. The molecule has 0 aliphatic heterocycles. The van der Waals surface area contributed by atoms with Crippen molar-refractivity contribution in [2.75, 3.05) is 11.9 Å². The lowest BCUT2D eigenvalue weighted by Gasteiger charge is -2.07. The monoisotopic (exact) mass is 254 g/mol. The van der Waals surface area contributed by atoms with Gasteiger partial charge in [0, 0.05) is 17.8 Å². The number of nitrogens with one attached hydrogen (secondary N) is 2. The molecule has 0 aliphatic rings. The number of carbonyl (C=O) groups excluding carboxylic acids is 1. The van der Waals surface area contributed by atoms with Crippen LogP contribution in [0.25, 0.3) is 0 Å². The molecule has 0 aliphatic carbocycles. The molecule has 0 unspecified atom stereocenters. The maximum Gasteiger partial charge on any atom is 0.255 e. The summed E-state index contributed by atoms with van der Waals surface area (Å²) in [6, 6.07) is 17.1. The summed E-state index contributed by atoms with van der Waals surface area (Å²) < 4.78 is 0. The first-order chi connectivity index (χ1) is 9.29. The molecule has 2 N–H and O–H groups in total. The average Bonchev–Trinajstić information content (AvgIpc) is 2.47. The van der Waals surface area contributed by atoms with Gasteiger partial charge in [0.1, 0.15) is 0 Å². The Bertz CT molecular complexity index is 520. The molecule has 0 radical (unpaired) electrons. The molecule has 0 saturated carbocycles. The number of hydrogen-bond acceptors (Lipinski definition) is 2.